The first-order chi connectivity index (χ1) is 5.36. The molecule has 0 aliphatic carbocycles. The predicted octanol–water partition coefficient (Wildman–Crippen LogP) is 2.13. The van der Waals surface area contributed by atoms with Gasteiger partial charge in [0.15, 0.2) is 0 Å². The number of hydrogen-bond acceptors (Lipinski definition) is 3. The van der Waals surface area contributed by atoms with Crippen molar-refractivity contribution in [1.82, 2.24) is 5.32 Å². The van der Waals surface area contributed by atoms with Crippen molar-refractivity contribution >= 4 is 27.3 Å². The van der Waals surface area contributed by atoms with E-state index in [4.69, 9.17) is 4.74 Å². The number of thiophene rings is 1. The van der Waals surface area contributed by atoms with Gasteiger partial charge in [-0.15, -0.1) is 11.3 Å². The minimum absolute atomic E-state index is 0.270. The van der Waals surface area contributed by atoms with Gasteiger partial charge < -0.3 is 4.74 Å². The number of ether oxygens (including phenoxy) is 1. The highest BCUT2D eigenvalue weighted by atomic mass is 79.9. The van der Waals surface area contributed by atoms with Gasteiger partial charge in [0, 0.05) is 21.3 Å². The molecule has 1 aromatic heterocycles. The summed E-state index contributed by atoms with van der Waals surface area (Å²) in [4.78, 5) is 1.29. The molecule has 2 heterocycles. The quantitative estimate of drug-likeness (QED) is 0.803. The molecule has 60 valence electrons. The largest absolute Gasteiger partial charge is 0.356 e. The topological polar surface area (TPSA) is 21.3 Å². The summed E-state index contributed by atoms with van der Waals surface area (Å²) in [6.07, 6.45) is 0.270. The first kappa shape index (κ1) is 7.73. The molecule has 0 aromatic carbocycles. The second kappa shape index (κ2) is 3.23. The molecule has 0 spiro atoms. The molecule has 1 aliphatic heterocycles. The van der Waals surface area contributed by atoms with E-state index in [1.807, 2.05) is 0 Å². The van der Waals surface area contributed by atoms with E-state index in [2.05, 4.69) is 32.7 Å². The van der Waals surface area contributed by atoms with Crippen LogP contribution < -0.4 is 5.32 Å². The summed E-state index contributed by atoms with van der Waals surface area (Å²) in [6.45, 7) is 1.62. The summed E-state index contributed by atoms with van der Waals surface area (Å²) >= 11 is 5.15. The van der Waals surface area contributed by atoms with Crippen molar-refractivity contribution in [2.24, 2.45) is 0 Å². The second-order valence-electron chi connectivity index (χ2n) is 2.42. The van der Waals surface area contributed by atoms with Crippen molar-refractivity contribution in [3.05, 3.63) is 20.8 Å². The minimum atomic E-state index is 0.270. The van der Waals surface area contributed by atoms with Gasteiger partial charge in [-0.3, -0.25) is 5.32 Å². The highest BCUT2D eigenvalue weighted by Crippen LogP contribution is 2.28. The zero-order chi connectivity index (χ0) is 7.68. The lowest BCUT2D eigenvalue weighted by atomic mass is 10.3. The molecule has 1 fully saturated rings. The molecule has 0 amide bonds. The number of rotatable bonds is 1. The van der Waals surface area contributed by atoms with Crippen LogP contribution in [0.25, 0.3) is 0 Å². The van der Waals surface area contributed by atoms with E-state index in [1.54, 1.807) is 11.3 Å². The van der Waals surface area contributed by atoms with Gasteiger partial charge in [-0.2, -0.15) is 0 Å². The van der Waals surface area contributed by atoms with Crippen LogP contribution in [0.1, 0.15) is 11.0 Å². The van der Waals surface area contributed by atoms with Crippen LogP contribution in [0.5, 0.6) is 0 Å². The molecule has 0 saturated carbocycles. The van der Waals surface area contributed by atoms with Gasteiger partial charge in [-0.05, 0) is 22.0 Å². The van der Waals surface area contributed by atoms with E-state index >= 15 is 0 Å². The molecule has 2 rings (SSSR count). The van der Waals surface area contributed by atoms with Gasteiger partial charge >= 0.3 is 0 Å². The van der Waals surface area contributed by atoms with Crippen LogP contribution in [0, 0.1) is 0 Å². The highest BCUT2D eigenvalue weighted by Gasteiger charge is 2.18. The molecule has 2 nitrogen and oxygen atoms in total. The van der Waals surface area contributed by atoms with Crippen LogP contribution in [-0.2, 0) is 4.74 Å². The zero-order valence-electron chi connectivity index (χ0n) is 5.84. The van der Waals surface area contributed by atoms with E-state index in [0.29, 0.717) is 6.73 Å². The Morgan fingerprint density at radius 1 is 1.73 bits per heavy atom. The standard InChI is InChI=1S/C7H8BrNOS/c8-5-1-7(11-3-5)6-2-9-4-10-6/h1,3,6,9H,2,4H2. The molecular weight excluding hydrogens is 226 g/mol. The van der Waals surface area contributed by atoms with E-state index in [1.165, 1.54) is 4.88 Å². The van der Waals surface area contributed by atoms with Crippen LogP contribution in [0.15, 0.2) is 15.9 Å². The smallest absolute Gasteiger partial charge is 0.106 e. The molecule has 4 heteroatoms. The van der Waals surface area contributed by atoms with Crippen molar-refractivity contribution in [2.75, 3.05) is 13.3 Å². The van der Waals surface area contributed by atoms with Gasteiger partial charge in [0.2, 0.25) is 0 Å². The van der Waals surface area contributed by atoms with Crippen LogP contribution >= 0.6 is 27.3 Å². The Labute approximate surface area is 77.7 Å². The van der Waals surface area contributed by atoms with Gasteiger partial charge in [0.1, 0.15) is 6.10 Å². The highest BCUT2D eigenvalue weighted by molar-refractivity contribution is 9.10. The number of halogens is 1. The molecule has 1 atom stereocenters. The van der Waals surface area contributed by atoms with Crippen LogP contribution in [0.2, 0.25) is 0 Å². The minimum Gasteiger partial charge on any atom is -0.356 e. The molecule has 1 aliphatic rings. The number of hydrogen-bond donors (Lipinski definition) is 1. The van der Waals surface area contributed by atoms with Crippen LogP contribution in [0.3, 0.4) is 0 Å². The average Bonchev–Trinajstić information content (AvgIpc) is 2.55. The Balaban J connectivity index is 2.15. The Bertz CT molecular complexity index is 244. The van der Waals surface area contributed by atoms with Crippen molar-refractivity contribution in [2.45, 2.75) is 6.10 Å². The fourth-order valence-corrected chi connectivity index (χ4v) is 2.58. The zero-order valence-corrected chi connectivity index (χ0v) is 8.24. The first-order valence-corrected chi connectivity index (χ1v) is 5.10. The molecular formula is C7H8BrNOS. The van der Waals surface area contributed by atoms with Crippen molar-refractivity contribution < 1.29 is 4.74 Å². The predicted molar refractivity (Wildman–Crippen MR) is 48.7 cm³/mol. The summed E-state index contributed by atoms with van der Waals surface area (Å²) in [5.74, 6) is 0. The third-order valence-corrected chi connectivity index (χ3v) is 3.41. The van der Waals surface area contributed by atoms with Gasteiger partial charge in [-0.1, -0.05) is 0 Å². The fourth-order valence-electron chi connectivity index (χ4n) is 1.09. The van der Waals surface area contributed by atoms with Gasteiger partial charge in [0.05, 0.1) is 6.73 Å². The van der Waals surface area contributed by atoms with E-state index in [0.717, 1.165) is 11.0 Å². The average molecular weight is 234 g/mol. The molecule has 11 heavy (non-hydrogen) atoms. The lowest BCUT2D eigenvalue weighted by Crippen LogP contribution is -2.07. The molecule has 1 N–H and O–H groups in total. The lowest BCUT2D eigenvalue weighted by molar-refractivity contribution is 0.117. The fraction of sp³-hybridized carbons (Fsp3) is 0.429. The van der Waals surface area contributed by atoms with E-state index in [9.17, 15) is 0 Å². The van der Waals surface area contributed by atoms with E-state index < -0.39 is 0 Å². The SMILES string of the molecule is Brc1csc(C2CNCO2)c1. The normalized spacial score (nSPS) is 24.3. The molecule has 0 radical (unpaired) electrons. The first-order valence-electron chi connectivity index (χ1n) is 3.42. The summed E-state index contributed by atoms with van der Waals surface area (Å²) in [5, 5.41) is 5.23. The third kappa shape index (κ3) is 1.64. The molecule has 1 unspecified atom stereocenters. The summed E-state index contributed by atoms with van der Waals surface area (Å²) < 4.78 is 6.58. The lowest BCUT2D eigenvalue weighted by Gasteiger charge is -2.02. The summed E-state index contributed by atoms with van der Waals surface area (Å²) in [7, 11) is 0. The Hall–Kier alpha value is 0.1000. The Kier molecular flexibility index (Phi) is 2.27. The maximum atomic E-state index is 5.43. The molecule has 0 bridgehead atoms. The second-order valence-corrected chi connectivity index (χ2v) is 4.28. The maximum Gasteiger partial charge on any atom is 0.106 e. The van der Waals surface area contributed by atoms with Crippen LogP contribution in [-0.4, -0.2) is 13.3 Å². The van der Waals surface area contributed by atoms with Crippen molar-refractivity contribution in [3.8, 4) is 0 Å². The third-order valence-electron chi connectivity index (χ3n) is 1.62. The van der Waals surface area contributed by atoms with Crippen LogP contribution in [0.4, 0.5) is 0 Å². The monoisotopic (exact) mass is 233 g/mol. The van der Waals surface area contributed by atoms with Gasteiger partial charge in [0.25, 0.3) is 0 Å². The summed E-state index contributed by atoms with van der Waals surface area (Å²) in [6, 6.07) is 2.11. The molecule has 1 aromatic rings. The Morgan fingerprint density at radius 3 is 3.18 bits per heavy atom. The van der Waals surface area contributed by atoms with Crippen molar-refractivity contribution in [1.29, 1.82) is 0 Å². The van der Waals surface area contributed by atoms with Gasteiger partial charge in [-0.25, -0.2) is 0 Å². The van der Waals surface area contributed by atoms with E-state index in [-0.39, 0.29) is 6.10 Å². The van der Waals surface area contributed by atoms with Crippen molar-refractivity contribution in [3.63, 3.8) is 0 Å². The number of nitrogens with one attached hydrogen (secondary N) is 1. The summed E-state index contributed by atoms with van der Waals surface area (Å²) in [5.41, 5.74) is 0. The molecule has 1 saturated heterocycles. The Morgan fingerprint density at radius 2 is 2.64 bits per heavy atom. The maximum absolute atomic E-state index is 5.43.